The number of benzene rings is 2. The molecule has 1 atom stereocenters. The highest BCUT2D eigenvalue weighted by atomic mass is 19.4. The summed E-state index contributed by atoms with van der Waals surface area (Å²) in [4.78, 5) is 15.2. The second-order valence-electron chi connectivity index (χ2n) is 9.74. The smallest absolute Gasteiger partial charge is 0.395 e. The second kappa shape index (κ2) is 8.96. The molecule has 0 unspecified atom stereocenters. The van der Waals surface area contributed by atoms with Crippen LogP contribution in [0.5, 0.6) is 0 Å². The van der Waals surface area contributed by atoms with Crippen molar-refractivity contribution in [3.8, 4) is 0 Å². The minimum absolute atomic E-state index is 0.0746. The molecule has 0 saturated heterocycles. The Morgan fingerprint density at radius 2 is 1.56 bits per heavy atom. The fourth-order valence-electron chi connectivity index (χ4n) is 5.07. The van der Waals surface area contributed by atoms with Crippen LogP contribution in [0.4, 0.5) is 17.6 Å². The molecular weight excluding hydrogens is 450 g/mol. The number of hydrogen-bond donors (Lipinski definition) is 2. The molecule has 0 spiro atoms. The maximum Gasteiger partial charge on any atom is 0.421 e. The average Bonchev–Trinajstić information content (AvgIpc) is 3.64. The number of carbonyl (C=O) groups is 1. The van der Waals surface area contributed by atoms with Gasteiger partial charge in [0, 0.05) is 23.1 Å². The zero-order valence-corrected chi connectivity index (χ0v) is 19.0. The summed E-state index contributed by atoms with van der Waals surface area (Å²) in [6, 6.07) is 11.4. The van der Waals surface area contributed by atoms with Gasteiger partial charge in [-0.05, 0) is 74.8 Å². The van der Waals surface area contributed by atoms with Crippen molar-refractivity contribution in [1.29, 1.82) is 0 Å². The molecule has 0 aromatic heterocycles. The number of alkyl halides is 3. The van der Waals surface area contributed by atoms with Crippen LogP contribution in [-0.2, 0) is 11.0 Å². The van der Waals surface area contributed by atoms with Crippen LogP contribution in [-0.4, -0.2) is 45.9 Å². The van der Waals surface area contributed by atoms with E-state index in [1.165, 1.54) is 18.2 Å². The van der Waals surface area contributed by atoms with Crippen LogP contribution in [0, 0.1) is 5.82 Å². The van der Waals surface area contributed by atoms with Gasteiger partial charge in [0.25, 0.3) is 5.91 Å². The van der Waals surface area contributed by atoms with Gasteiger partial charge in [-0.3, -0.25) is 4.79 Å². The molecule has 184 valence electrons. The first-order chi connectivity index (χ1) is 16.0. The summed E-state index contributed by atoms with van der Waals surface area (Å²) >= 11 is 0. The molecule has 8 heteroatoms. The molecule has 0 bridgehead atoms. The first-order valence-corrected chi connectivity index (χ1v) is 11.6. The van der Waals surface area contributed by atoms with Gasteiger partial charge in [0.15, 0.2) is 5.60 Å². The molecule has 2 aliphatic carbocycles. The minimum Gasteiger partial charge on any atom is -0.395 e. The van der Waals surface area contributed by atoms with Crippen molar-refractivity contribution in [1.82, 2.24) is 4.90 Å². The number of carbonyl (C=O) groups excluding carboxylic acids is 1. The van der Waals surface area contributed by atoms with E-state index >= 15 is 0 Å². The van der Waals surface area contributed by atoms with Gasteiger partial charge >= 0.3 is 6.18 Å². The quantitative estimate of drug-likeness (QED) is 0.569. The van der Waals surface area contributed by atoms with E-state index in [1.54, 1.807) is 18.2 Å². The van der Waals surface area contributed by atoms with Gasteiger partial charge in [-0.15, -0.1) is 0 Å². The van der Waals surface area contributed by atoms with Crippen LogP contribution in [0.1, 0.15) is 66.9 Å². The lowest BCUT2D eigenvalue weighted by atomic mass is 9.68. The molecule has 0 aliphatic heterocycles. The fraction of sp³-hybridized carbons (Fsp3) is 0.500. The molecule has 2 saturated carbocycles. The highest BCUT2D eigenvalue weighted by Crippen LogP contribution is 2.44. The summed E-state index contributed by atoms with van der Waals surface area (Å²) in [6.07, 6.45) is -0.866. The summed E-state index contributed by atoms with van der Waals surface area (Å²) in [6.45, 7) is 0.504. The molecule has 4 nitrogen and oxygen atoms in total. The van der Waals surface area contributed by atoms with E-state index in [9.17, 15) is 32.6 Å². The van der Waals surface area contributed by atoms with Crippen molar-refractivity contribution >= 4 is 5.91 Å². The third-order valence-electron chi connectivity index (χ3n) is 7.47. The molecule has 2 N–H and O–H groups in total. The van der Waals surface area contributed by atoms with Crippen molar-refractivity contribution in [2.75, 3.05) is 6.61 Å². The molecule has 2 aliphatic rings. The number of rotatable bonds is 6. The molecule has 0 radical (unpaired) electrons. The normalized spacial score (nSPS) is 25.0. The van der Waals surface area contributed by atoms with Gasteiger partial charge in [-0.1, -0.05) is 30.3 Å². The molecule has 0 heterocycles. The molecule has 2 aromatic carbocycles. The van der Waals surface area contributed by atoms with E-state index in [0.29, 0.717) is 38.2 Å². The van der Waals surface area contributed by atoms with E-state index in [0.717, 1.165) is 25.0 Å². The zero-order valence-electron chi connectivity index (χ0n) is 19.0. The number of aliphatic hydroxyl groups excluding tert-OH is 1. The summed E-state index contributed by atoms with van der Waals surface area (Å²) in [5.41, 5.74) is -3.27. The molecule has 2 fully saturated rings. The summed E-state index contributed by atoms with van der Waals surface area (Å²) in [5, 5.41) is 20.0. The Hall–Kier alpha value is -2.45. The molecule has 2 aromatic rings. The van der Waals surface area contributed by atoms with Crippen molar-refractivity contribution in [2.45, 2.75) is 74.7 Å². The predicted octanol–water partition coefficient (Wildman–Crippen LogP) is 5.07. The largest absolute Gasteiger partial charge is 0.421 e. The topological polar surface area (TPSA) is 60.8 Å². The molecule has 1 amide bonds. The van der Waals surface area contributed by atoms with E-state index in [2.05, 4.69) is 0 Å². The Kier molecular flexibility index (Phi) is 6.50. The minimum atomic E-state index is -4.84. The van der Waals surface area contributed by atoms with Crippen LogP contribution >= 0.6 is 0 Å². The monoisotopic (exact) mass is 479 g/mol. The van der Waals surface area contributed by atoms with Gasteiger partial charge in [-0.25, -0.2) is 4.39 Å². The van der Waals surface area contributed by atoms with Crippen LogP contribution in [0.2, 0.25) is 0 Å². The highest BCUT2D eigenvalue weighted by molar-refractivity contribution is 5.95. The first-order valence-electron chi connectivity index (χ1n) is 11.6. The maximum absolute atomic E-state index is 14.5. The van der Waals surface area contributed by atoms with Gasteiger partial charge < -0.3 is 15.1 Å². The van der Waals surface area contributed by atoms with Gasteiger partial charge in [-0.2, -0.15) is 13.2 Å². The SMILES string of the molecule is C[C@](O)(c1ccc(C(=O)N(C2CC2)[C@H]2CC[C@](CO)(c3ccccc3F)CC2)cc1)C(F)(F)F. The lowest BCUT2D eigenvalue weighted by molar-refractivity contribution is -0.258. The standard InChI is InChI=1S/C26H29F4NO3/c1-24(34,26(28,29)30)18-8-6-17(7-9-18)23(33)31(19-10-11-19)20-12-14-25(16-32,15-13-20)21-4-2-3-5-22(21)27/h2-9,19-20,32,34H,10-16H2,1H3/t20-,24-,25-/m0/s1. The van der Waals surface area contributed by atoms with E-state index in [-0.39, 0.29) is 41.5 Å². The van der Waals surface area contributed by atoms with Crippen LogP contribution < -0.4 is 0 Å². The lowest BCUT2D eigenvalue weighted by Gasteiger charge is -2.43. The Morgan fingerprint density at radius 3 is 2.06 bits per heavy atom. The highest BCUT2D eigenvalue weighted by Gasteiger charge is 2.51. The van der Waals surface area contributed by atoms with Crippen molar-refractivity contribution in [2.24, 2.45) is 0 Å². The summed E-state index contributed by atoms with van der Waals surface area (Å²) < 4.78 is 53.9. The van der Waals surface area contributed by atoms with Crippen molar-refractivity contribution < 1.29 is 32.6 Å². The Morgan fingerprint density at radius 1 is 1.00 bits per heavy atom. The van der Waals surface area contributed by atoms with Crippen molar-refractivity contribution in [3.63, 3.8) is 0 Å². The number of aliphatic hydroxyl groups is 2. The second-order valence-corrected chi connectivity index (χ2v) is 9.74. The van der Waals surface area contributed by atoms with E-state index < -0.39 is 17.2 Å². The number of halogens is 4. The number of hydrogen-bond acceptors (Lipinski definition) is 3. The Bertz CT molecular complexity index is 1020. The van der Waals surface area contributed by atoms with Crippen LogP contribution in [0.3, 0.4) is 0 Å². The van der Waals surface area contributed by atoms with Crippen molar-refractivity contribution in [3.05, 3.63) is 71.0 Å². The maximum atomic E-state index is 14.5. The van der Waals surface area contributed by atoms with Crippen LogP contribution in [0.15, 0.2) is 48.5 Å². The predicted molar refractivity (Wildman–Crippen MR) is 119 cm³/mol. The molecule has 4 rings (SSSR count). The zero-order chi connectivity index (χ0) is 24.7. The number of amides is 1. The fourth-order valence-corrected chi connectivity index (χ4v) is 5.07. The third kappa shape index (κ3) is 4.45. The molecule has 34 heavy (non-hydrogen) atoms. The Balaban J connectivity index is 1.52. The molecular formula is C26H29F4NO3. The van der Waals surface area contributed by atoms with Crippen LogP contribution in [0.25, 0.3) is 0 Å². The van der Waals surface area contributed by atoms with Gasteiger partial charge in [0.1, 0.15) is 5.82 Å². The lowest BCUT2D eigenvalue weighted by Crippen LogP contribution is -2.47. The number of nitrogens with zero attached hydrogens (tertiary/aromatic N) is 1. The Labute approximate surface area is 196 Å². The average molecular weight is 480 g/mol. The van der Waals surface area contributed by atoms with E-state index in [1.807, 2.05) is 4.90 Å². The van der Waals surface area contributed by atoms with Gasteiger partial charge in [0.05, 0.1) is 6.61 Å². The summed E-state index contributed by atoms with van der Waals surface area (Å²) in [5.74, 6) is -0.604. The van der Waals surface area contributed by atoms with E-state index in [4.69, 9.17) is 0 Å². The summed E-state index contributed by atoms with van der Waals surface area (Å²) in [7, 11) is 0. The third-order valence-corrected chi connectivity index (χ3v) is 7.47. The van der Waals surface area contributed by atoms with Gasteiger partial charge in [0.2, 0.25) is 0 Å². The first kappa shape index (κ1) is 24.7.